The Morgan fingerprint density at radius 1 is 1.19 bits per heavy atom. The number of morpholine rings is 1. The average Bonchev–Trinajstić information content (AvgIpc) is 3.17. The zero-order valence-electron chi connectivity index (χ0n) is 15.2. The van der Waals surface area contributed by atoms with Crippen LogP contribution in [0.2, 0.25) is 0 Å². The van der Waals surface area contributed by atoms with Gasteiger partial charge in [-0.15, -0.1) is 11.3 Å². The molecule has 2 N–H and O–H groups in total. The molecule has 0 unspecified atom stereocenters. The minimum atomic E-state index is 0.392. The number of nitrogens with zero attached hydrogens (tertiary/aromatic N) is 2. The van der Waals surface area contributed by atoms with Crippen molar-refractivity contribution in [2.24, 2.45) is 5.10 Å². The van der Waals surface area contributed by atoms with E-state index in [0.717, 1.165) is 36.9 Å². The van der Waals surface area contributed by atoms with E-state index in [-0.39, 0.29) is 0 Å². The van der Waals surface area contributed by atoms with E-state index in [9.17, 15) is 0 Å². The fourth-order valence-corrected chi connectivity index (χ4v) is 3.69. The molecule has 0 bridgehead atoms. The molecule has 1 aliphatic heterocycles. The normalized spacial score (nSPS) is 14.2. The average molecular weight is 407 g/mol. The van der Waals surface area contributed by atoms with Gasteiger partial charge in [0.2, 0.25) is 0 Å². The van der Waals surface area contributed by atoms with Crippen LogP contribution in [0.3, 0.4) is 0 Å². The van der Waals surface area contributed by atoms with E-state index in [4.69, 9.17) is 26.4 Å². The lowest BCUT2D eigenvalue weighted by Gasteiger charge is -2.27. The van der Waals surface area contributed by atoms with Crippen molar-refractivity contribution in [3.63, 3.8) is 0 Å². The first-order chi connectivity index (χ1) is 13.2. The van der Waals surface area contributed by atoms with Gasteiger partial charge in [0.1, 0.15) is 0 Å². The second kappa shape index (κ2) is 9.54. The van der Waals surface area contributed by atoms with Crippen molar-refractivity contribution < 1.29 is 14.2 Å². The molecule has 1 aromatic carbocycles. The van der Waals surface area contributed by atoms with Crippen molar-refractivity contribution in [1.29, 1.82) is 0 Å². The van der Waals surface area contributed by atoms with E-state index in [1.165, 1.54) is 5.00 Å². The van der Waals surface area contributed by atoms with Gasteiger partial charge in [-0.1, -0.05) is 0 Å². The number of methoxy groups -OCH3 is 2. The largest absolute Gasteiger partial charge is 0.493 e. The van der Waals surface area contributed by atoms with Gasteiger partial charge in [-0.05, 0) is 36.5 Å². The molecular weight excluding hydrogens is 384 g/mol. The van der Waals surface area contributed by atoms with E-state index in [1.54, 1.807) is 31.8 Å². The number of rotatable bonds is 6. The smallest absolute Gasteiger partial charge is 0.191 e. The van der Waals surface area contributed by atoms with Crippen LogP contribution in [-0.4, -0.2) is 51.8 Å². The summed E-state index contributed by atoms with van der Waals surface area (Å²) in [6, 6.07) is 9.63. The number of ether oxygens (including phenoxy) is 3. The van der Waals surface area contributed by atoms with Crippen LogP contribution >= 0.6 is 23.6 Å². The molecule has 1 saturated heterocycles. The summed E-state index contributed by atoms with van der Waals surface area (Å²) < 4.78 is 15.9. The molecule has 0 atom stereocenters. The number of thiophene rings is 1. The lowest BCUT2D eigenvalue weighted by atomic mass is 10.3. The van der Waals surface area contributed by atoms with Gasteiger partial charge in [0.25, 0.3) is 0 Å². The topological polar surface area (TPSA) is 67.4 Å². The Balaban J connectivity index is 1.52. The third-order valence-corrected chi connectivity index (χ3v) is 5.21. The van der Waals surface area contributed by atoms with Crippen molar-refractivity contribution in [3.8, 4) is 11.5 Å². The predicted octanol–water partition coefficient (Wildman–Crippen LogP) is 2.92. The lowest BCUT2D eigenvalue weighted by Crippen LogP contribution is -2.35. The van der Waals surface area contributed by atoms with Gasteiger partial charge in [-0.3, -0.25) is 5.43 Å². The van der Waals surface area contributed by atoms with Crippen LogP contribution in [0.1, 0.15) is 4.88 Å². The maximum Gasteiger partial charge on any atom is 0.191 e. The Hall–Kier alpha value is -2.36. The molecule has 1 fully saturated rings. The van der Waals surface area contributed by atoms with E-state index in [2.05, 4.69) is 26.8 Å². The highest BCUT2D eigenvalue weighted by Crippen LogP contribution is 2.29. The first-order valence-corrected chi connectivity index (χ1v) is 9.66. The summed E-state index contributed by atoms with van der Waals surface area (Å²) in [6.45, 7) is 3.40. The van der Waals surface area contributed by atoms with Gasteiger partial charge in [0, 0.05) is 29.7 Å². The molecule has 0 aliphatic carbocycles. The van der Waals surface area contributed by atoms with Crippen molar-refractivity contribution in [3.05, 3.63) is 35.2 Å². The molecule has 1 aromatic heterocycles. The number of nitrogens with one attached hydrogen (secondary N) is 2. The monoisotopic (exact) mass is 406 g/mol. The number of hydrogen-bond acceptors (Lipinski definition) is 7. The highest BCUT2D eigenvalue weighted by atomic mass is 32.1. The molecule has 0 saturated carbocycles. The van der Waals surface area contributed by atoms with Gasteiger partial charge in [-0.25, -0.2) is 0 Å². The fourth-order valence-electron chi connectivity index (χ4n) is 2.59. The Kier molecular flexibility index (Phi) is 6.86. The molecule has 1 aliphatic rings. The second-order valence-corrected chi connectivity index (χ2v) is 7.17. The predicted molar refractivity (Wildman–Crippen MR) is 114 cm³/mol. The molecule has 144 valence electrons. The van der Waals surface area contributed by atoms with Crippen molar-refractivity contribution >= 4 is 45.6 Å². The number of hydrogen-bond donors (Lipinski definition) is 2. The molecule has 0 radical (unpaired) electrons. The Labute approximate surface area is 167 Å². The van der Waals surface area contributed by atoms with E-state index in [1.807, 2.05) is 24.3 Å². The zero-order valence-corrected chi connectivity index (χ0v) is 16.9. The quantitative estimate of drug-likeness (QED) is 0.434. The Morgan fingerprint density at radius 2 is 1.96 bits per heavy atom. The minimum Gasteiger partial charge on any atom is -0.493 e. The molecule has 2 aromatic rings. The van der Waals surface area contributed by atoms with Crippen LogP contribution in [0.25, 0.3) is 0 Å². The number of thiocarbonyl (C=S) groups is 1. The fraction of sp³-hybridized carbons (Fsp3) is 0.333. The Morgan fingerprint density at radius 3 is 2.70 bits per heavy atom. The molecule has 27 heavy (non-hydrogen) atoms. The zero-order chi connectivity index (χ0) is 19.1. The number of hydrazone groups is 1. The van der Waals surface area contributed by atoms with Gasteiger partial charge < -0.3 is 24.4 Å². The van der Waals surface area contributed by atoms with Gasteiger partial charge in [0.15, 0.2) is 16.6 Å². The van der Waals surface area contributed by atoms with Crippen LogP contribution in [0.15, 0.2) is 35.4 Å². The van der Waals surface area contributed by atoms with Gasteiger partial charge in [0.05, 0.1) is 38.6 Å². The second-order valence-electron chi connectivity index (χ2n) is 5.67. The lowest BCUT2D eigenvalue weighted by molar-refractivity contribution is 0.123. The minimum absolute atomic E-state index is 0.392. The molecule has 3 rings (SSSR count). The molecule has 7 nitrogen and oxygen atoms in total. The summed E-state index contributed by atoms with van der Waals surface area (Å²) in [7, 11) is 3.19. The highest BCUT2D eigenvalue weighted by Gasteiger charge is 2.12. The molecule has 0 spiro atoms. The summed E-state index contributed by atoms with van der Waals surface area (Å²) in [5.41, 5.74) is 3.61. The SMILES string of the molecule is COc1ccc(NC(=S)N/N=C\c2ccc(N3CCOCC3)s2)cc1OC. The maximum absolute atomic E-state index is 5.39. The van der Waals surface area contributed by atoms with E-state index >= 15 is 0 Å². The van der Waals surface area contributed by atoms with Crippen molar-refractivity contribution in [2.75, 3.05) is 50.7 Å². The number of benzene rings is 1. The van der Waals surface area contributed by atoms with Crippen LogP contribution in [0, 0.1) is 0 Å². The molecule has 9 heteroatoms. The number of anilines is 2. The summed E-state index contributed by atoms with van der Waals surface area (Å²) in [5, 5.41) is 8.89. The van der Waals surface area contributed by atoms with Crippen LogP contribution in [0.5, 0.6) is 11.5 Å². The molecule has 2 heterocycles. The van der Waals surface area contributed by atoms with Crippen LogP contribution in [-0.2, 0) is 4.74 Å². The summed E-state index contributed by atoms with van der Waals surface area (Å²) in [4.78, 5) is 3.38. The van der Waals surface area contributed by atoms with E-state index in [0.29, 0.717) is 16.6 Å². The van der Waals surface area contributed by atoms with Gasteiger partial charge >= 0.3 is 0 Å². The summed E-state index contributed by atoms with van der Waals surface area (Å²) in [5.74, 6) is 1.29. The van der Waals surface area contributed by atoms with Crippen molar-refractivity contribution in [2.45, 2.75) is 0 Å². The van der Waals surface area contributed by atoms with Crippen LogP contribution in [0.4, 0.5) is 10.7 Å². The standard InChI is InChI=1S/C18H22N4O3S2/c1-23-15-5-3-13(11-16(15)24-2)20-18(26)21-19-12-14-4-6-17(27-14)22-7-9-25-10-8-22/h3-6,11-12H,7-10H2,1-2H3,(H2,20,21,26)/b19-12-. The summed E-state index contributed by atoms with van der Waals surface area (Å²) >= 11 is 6.96. The maximum atomic E-state index is 5.39. The van der Waals surface area contributed by atoms with Crippen molar-refractivity contribution in [1.82, 2.24) is 5.43 Å². The highest BCUT2D eigenvalue weighted by molar-refractivity contribution is 7.80. The van der Waals surface area contributed by atoms with Crippen LogP contribution < -0.4 is 25.1 Å². The first kappa shape index (κ1) is 19.4. The molecular formula is C18H22N4O3S2. The summed E-state index contributed by atoms with van der Waals surface area (Å²) in [6.07, 6.45) is 1.76. The molecule has 0 amide bonds. The third kappa shape index (κ3) is 5.31. The third-order valence-electron chi connectivity index (χ3n) is 3.93. The van der Waals surface area contributed by atoms with Gasteiger partial charge in [-0.2, -0.15) is 5.10 Å². The Bertz CT molecular complexity index is 804. The van der Waals surface area contributed by atoms with E-state index < -0.39 is 0 Å². The first-order valence-electron chi connectivity index (χ1n) is 8.44.